The number of hydrogen-bond donors (Lipinski definition) is 1. The van der Waals surface area contributed by atoms with Gasteiger partial charge in [0.25, 0.3) is 17.5 Å². The molecule has 1 aliphatic rings. The largest absolute Gasteiger partial charge is 0.488 e. The van der Waals surface area contributed by atoms with E-state index in [1.807, 2.05) is 6.07 Å². The summed E-state index contributed by atoms with van der Waals surface area (Å²) in [4.78, 5) is 49.3. The van der Waals surface area contributed by atoms with Crippen molar-refractivity contribution >= 4 is 62.8 Å². The molecule has 1 N–H and O–H groups in total. The second-order valence-corrected chi connectivity index (χ2v) is 8.69. The highest BCUT2D eigenvalue weighted by Crippen LogP contribution is 2.29. The maximum absolute atomic E-state index is 13.2. The molecule has 35 heavy (non-hydrogen) atoms. The van der Waals surface area contributed by atoms with Gasteiger partial charge in [-0.15, -0.1) is 0 Å². The zero-order valence-electron chi connectivity index (χ0n) is 17.7. The molecule has 0 saturated carbocycles. The number of carbonyl (C=O) groups excluding carboxylic acids is 3. The third-order valence-corrected chi connectivity index (χ3v) is 5.68. The van der Waals surface area contributed by atoms with E-state index in [9.17, 15) is 24.5 Å². The number of imide groups is 2. The Balaban J connectivity index is 1.68. The van der Waals surface area contributed by atoms with E-state index in [4.69, 9.17) is 16.3 Å². The van der Waals surface area contributed by atoms with Crippen molar-refractivity contribution < 1.29 is 24.0 Å². The number of non-ortho nitro benzene ring substituents is 1. The third-order valence-electron chi connectivity index (χ3n) is 4.96. The maximum Gasteiger partial charge on any atom is 0.335 e. The monoisotopic (exact) mass is 555 g/mol. The van der Waals surface area contributed by atoms with Crippen molar-refractivity contribution in [3.63, 3.8) is 0 Å². The number of hydrogen-bond acceptors (Lipinski definition) is 6. The van der Waals surface area contributed by atoms with Crippen LogP contribution in [0, 0.1) is 10.1 Å². The van der Waals surface area contributed by atoms with Crippen LogP contribution in [0.15, 0.2) is 76.8 Å². The number of barbiturate groups is 1. The van der Waals surface area contributed by atoms with Gasteiger partial charge in [-0.3, -0.25) is 25.0 Å². The van der Waals surface area contributed by atoms with Gasteiger partial charge < -0.3 is 4.74 Å². The van der Waals surface area contributed by atoms with Gasteiger partial charge >= 0.3 is 6.03 Å². The first kappa shape index (κ1) is 24.1. The van der Waals surface area contributed by atoms with E-state index in [1.165, 1.54) is 24.3 Å². The van der Waals surface area contributed by atoms with Crippen LogP contribution in [0.25, 0.3) is 6.08 Å². The normalized spacial score (nSPS) is 14.7. The van der Waals surface area contributed by atoms with Gasteiger partial charge in [0.15, 0.2) is 0 Å². The molecule has 0 atom stereocenters. The molecule has 176 valence electrons. The predicted molar refractivity (Wildman–Crippen MR) is 132 cm³/mol. The van der Waals surface area contributed by atoms with Gasteiger partial charge in [0.1, 0.15) is 17.9 Å². The number of nitrogens with one attached hydrogen (secondary N) is 1. The fourth-order valence-corrected chi connectivity index (χ4v) is 3.94. The van der Waals surface area contributed by atoms with Crippen molar-refractivity contribution in [2.45, 2.75) is 6.61 Å². The van der Waals surface area contributed by atoms with Crippen molar-refractivity contribution in [2.24, 2.45) is 0 Å². The first-order valence-corrected chi connectivity index (χ1v) is 11.2. The van der Waals surface area contributed by atoms with Crippen molar-refractivity contribution in [1.82, 2.24) is 5.32 Å². The summed E-state index contributed by atoms with van der Waals surface area (Å²) in [6.45, 7) is 0.177. The van der Waals surface area contributed by atoms with E-state index >= 15 is 0 Å². The van der Waals surface area contributed by atoms with Crippen LogP contribution >= 0.6 is 27.5 Å². The molecule has 1 fully saturated rings. The number of benzene rings is 3. The summed E-state index contributed by atoms with van der Waals surface area (Å²) in [5.41, 5.74) is 0.504. The quantitative estimate of drug-likeness (QED) is 0.192. The molecule has 4 amide bonds. The number of anilines is 1. The summed E-state index contributed by atoms with van der Waals surface area (Å²) < 4.78 is 6.56. The second-order valence-electron chi connectivity index (χ2n) is 7.34. The highest BCUT2D eigenvalue weighted by molar-refractivity contribution is 9.10. The smallest absolute Gasteiger partial charge is 0.335 e. The highest BCUT2D eigenvalue weighted by Gasteiger charge is 2.37. The number of halogens is 2. The van der Waals surface area contributed by atoms with Crippen LogP contribution in [0.4, 0.5) is 16.2 Å². The van der Waals surface area contributed by atoms with E-state index in [-0.39, 0.29) is 23.6 Å². The molecule has 0 unspecified atom stereocenters. The standard InChI is InChI=1S/C24H15BrClN3O6/c25-16-7-8-21(35-13-14-3-1-4-17(26)9-14)15(10-16)11-20-22(30)27-24(32)28(23(20)31)18-5-2-6-19(12-18)29(33)34/h1-12H,13H2,(H,27,30,32)/b20-11+. The van der Waals surface area contributed by atoms with Crippen LogP contribution in [0.1, 0.15) is 11.1 Å². The van der Waals surface area contributed by atoms with Crippen molar-refractivity contribution in [3.05, 3.63) is 103 Å². The predicted octanol–water partition coefficient (Wildman–Crippen LogP) is 5.26. The van der Waals surface area contributed by atoms with Gasteiger partial charge in [0.2, 0.25) is 0 Å². The number of ether oxygens (including phenoxy) is 1. The molecule has 1 saturated heterocycles. The molecule has 0 spiro atoms. The summed E-state index contributed by atoms with van der Waals surface area (Å²) in [5, 5.41) is 13.8. The summed E-state index contributed by atoms with van der Waals surface area (Å²) >= 11 is 9.38. The fourth-order valence-electron chi connectivity index (χ4n) is 3.34. The van der Waals surface area contributed by atoms with Crippen LogP contribution in [0.3, 0.4) is 0 Å². The molecular formula is C24H15BrClN3O6. The summed E-state index contributed by atoms with van der Waals surface area (Å²) in [7, 11) is 0. The Morgan fingerprint density at radius 3 is 2.57 bits per heavy atom. The Hall–Kier alpha value is -4.02. The van der Waals surface area contributed by atoms with Gasteiger partial charge in [0, 0.05) is 27.2 Å². The minimum Gasteiger partial charge on any atom is -0.488 e. The minimum absolute atomic E-state index is 0.0493. The van der Waals surface area contributed by atoms with Crippen LogP contribution in [-0.2, 0) is 16.2 Å². The van der Waals surface area contributed by atoms with Gasteiger partial charge in [0.05, 0.1) is 10.6 Å². The Morgan fingerprint density at radius 2 is 1.83 bits per heavy atom. The molecule has 11 heteroatoms. The second kappa shape index (κ2) is 10.1. The minimum atomic E-state index is -1.01. The molecule has 0 radical (unpaired) electrons. The number of nitro benzene ring substituents is 1. The number of rotatable bonds is 6. The average molecular weight is 557 g/mol. The number of urea groups is 1. The van der Waals surface area contributed by atoms with E-state index in [0.29, 0.717) is 25.7 Å². The van der Waals surface area contributed by atoms with Crippen LogP contribution in [0.2, 0.25) is 5.02 Å². The number of carbonyl (C=O) groups is 3. The first-order chi connectivity index (χ1) is 16.7. The zero-order chi connectivity index (χ0) is 25.1. The van der Waals surface area contributed by atoms with Gasteiger partial charge in [-0.1, -0.05) is 45.7 Å². The topological polar surface area (TPSA) is 119 Å². The third kappa shape index (κ3) is 5.39. The molecule has 4 rings (SSSR count). The Kier molecular flexibility index (Phi) is 6.94. The molecule has 1 heterocycles. The van der Waals surface area contributed by atoms with E-state index in [1.54, 1.807) is 36.4 Å². The lowest BCUT2D eigenvalue weighted by atomic mass is 10.1. The van der Waals surface area contributed by atoms with Gasteiger partial charge in [-0.2, -0.15) is 0 Å². The van der Waals surface area contributed by atoms with Crippen molar-refractivity contribution in [2.75, 3.05) is 4.90 Å². The Labute approximate surface area is 212 Å². The molecular weight excluding hydrogens is 542 g/mol. The lowest BCUT2D eigenvalue weighted by molar-refractivity contribution is -0.384. The average Bonchev–Trinajstić information content (AvgIpc) is 2.81. The number of nitro groups is 1. The SMILES string of the molecule is O=C1NC(=O)N(c2cccc([N+](=O)[O-])c2)C(=O)/C1=C/c1cc(Br)ccc1OCc1cccc(Cl)c1. The molecule has 0 aromatic heterocycles. The maximum atomic E-state index is 13.2. The molecule has 0 aliphatic carbocycles. The lowest BCUT2D eigenvalue weighted by Crippen LogP contribution is -2.54. The molecule has 3 aromatic rings. The van der Waals surface area contributed by atoms with E-state index in [2.05, 4.69) is 21.2 Å². The molecule has 1 aliphatic heterocycles. The first-order valence-electron chi connectivity index (χ1n) is 10.1. The zero-order valence-corrected chi connectivity index (χ0v) is 20.1. The molecule has 3 aromatic carbocycles. The van der Waals surface area contributed by atoms with Crippen LogP contribution in [-0.4, -0.2) is 22.8 Å². The number of nitrogens with zero attached hydrogens (tertiary/aromatic N) is 2. The molecule has 9 nitrogen and oxygen atoms in total. The van der Waals surface area contributed by atoms with Gasteiger partial charge in [-0.25, -0.2) is 9.69 Å². The van der Waals surface area contributed by atoms with Crippen LogP contribution in [0.5, 0.6) is 5.75 Å². The summed E-state index contributed by atoms with van der Waals surface area (Å²) in [6, 6.07) is 16.1. The Morgan fingerprint density at radius 1 is 1.06 bits per heavy atom. The Bertz CT molecular complexity index is 1410. The highest BCUT2D eigenvalue weighted by atomic mass is 79.9. The number of amides is 4. The van der Waals surface area contributed by atoms with Crippen molar-refractivity contribution in [1.29, 1.82) is 0 Å². The summed E-state index contributed by atoms with van der Waals surface area (Å²) in [6.07, 6.45) is 1.30. The van der Waals surface area contributed by atoms with Crippen LogP contribution < -0.4 is 15.0 Å². The van der Waals surface area contributed by atoms with Crippen molar-refractivity contribution in [3.8, 4) is 5.75 Å². The molecule has 0 bridgehead atoms. The summed E-state index contributed by atoms with van der Waals surface area (Å²) in [5.74, 6) is -1.46. The van der Waals surface area contributed by atoms with E-state index < -0.39 is 22.8 Å². The lowest BCUT2D eigenvalue weighted by Gasteiger charge is -2.26. The van der Waals surface area contributed by atoms with Gasteiger partial charge in [-0.05, 0) is 48.0 Å². The van der Waals surface area contributed by atoms with E-state index in [0.717, 1.165) is 11.6 Å². The fraction of sp³-hybridized carbons (Fsp3) is 0.0417.